The fourth-order valence-electron chi connectivity index (χ4n) is 2.64. The minimum atomic E-state index is -0.0318. The van der Waals surface area contributed by atoms with Crippen LogP contribution in [-0.4, -0.2) is 28.2 Å². The Morgan fingerprint density at radius 3 is 2.70 bits per heavy atom. The molecule has 104 valence electrons. The number of carbonyl (C=O) groups excluding carboxylic acids is 2. The van der Waals surface area contributed by atoms with Crippen molar-refractivity contribution >= 4 is 45.3 Å². The van der Waals surface area contributed by atoms with Crippen LogP contribution in [0.15, 0.2) is 24.4 Å². The molecule has 0 aliphatic carbocycles. The fourth-order valence-corrected chi connectivity index (χ4v) is 3.13. The Labute approximate surface area is 130 Å². The molecule has 2 amide bonds. The Kier molecular flexibility index (Phi) is 3.78. The average Bonchev–Trinajstić information content (AvgIpc) is 2.81. The van der Waals surface area contributed by atoms with Crippen LogP contribution in [0, 0.1) is 3.57 Å². The standard InChI is InChI=1S/C15H15IN2O2/c16-11-4-5-13-12(8-11)10(9-17-13)6-7-18-14(19)2-1-3-15(18)20/h4-5,8-9,17H,1-3,6-7H2. The first-order chi connectivity index (χ1) is 9.65. The van der Waals surface area contributed by atoms with E-state index in [2.05, 4.69) is 45.8 Å². The number of likely N-dealkylation sites (tertiary alicyclic amines) is 1. The molecule has 1 fully saturated rings. The van der Waals surface area contributed by atoms with Crippen LogP contribution in [0.4, 0.5) is 0 Å². The maximum Gasteiger partial charge on any atom is 0.229 e. The Bertz CT molecular complexity index is 662. The van der Waals surface area contributed by atoms with Gasteiger partial charge in [0.25, 0.3) is 0 Å². The van der Waals surface area contributed by atoms with Crippen molar-refractivity contribution in [3.8, 4) is 0 Å². The molecule has 2 aromatic rings. The summed E-state index contributed by atoms with van der Waals surface area (Å²) >= 11 is 2.29. The average molecular weight is 382 g/mol. The van der Waals surface area contributed by atoms with Crippen LogP contribution in [0.25, 0.3) is 10.9 Å². The van der Waals surface area contributed by atoms with Crippen molar-refractivity contribution in [3.63, 3.8) is 0 Å². The van der Waals surface area contributed by atoms with Crippen LogP contribution >= 0.6 is 22.6 Å². The van der Waals surface area contributed by atoms with Crippen molar-refractivity contribution in [1.82, 2.24) is 9.88 Å². The van der Waals surface area contributed by atoms with Gasteiger partial charge in [-0.2, -0.15) is 0 Å². The van der Waals surface area contributed by atoms with Gasteiger partial charge in [0.1, 0.15) is 0 Å². The summed E-state index contributed by atoms with van der Waals surface area (Å²) in [7, 11) is 0. The summed E-state index contributed by atoms with van der Waals surface area (Å²) < 4.78 is 1.18. The molecule has 1 N–H and O–H groups in total. The van der Waals surface area contributed by atoms with Crippen molar-refractivity contribution in [3.05, 3.63) is 33.5 Å². The van der Waals surface area contributed by atoms with Crippen LogP contribution in [0.1, 0.15) is 24.8 Å². The molecule has 0 radical (unpaired) electrons. The number of rotatable bonds is 3. The second kappa shape index (κ2) is 5.55. The summed E-state index contributed by atoms with van der Waals surface area (Å²) in [4.78, 5) is 28.2. The van der Waals surface area contributed by atoms with E-state index in [-0.39, 0.29) is 11.8 Å². The molecule has 0 atom stereocenters. The Morgan fingerprint density at radius 2 is 1.95 bits per heavy atom. The summed E-state index contributed by atoms with van der Waals surface area (Å²) in [6, 6.07) is 6.24. The predicted octanol–water partition coefficient (Wildman–Crippen LogP) is 2.85. The van der Waals surface area contributed by atoms with E-state index in [0.29, 0.717) is 32.2 Å². The summed E-state index contributed by atoms with van der Waals surface area (Å²) in [5.74, 6) is -0.0636. The van der Waals surface area contributed by atoms with Gasteiger partial charge < -0.3 is 4.98 Å². The lowest BCUT2D eigenvalue weighted by atomic mass is 10.1. The van der Waals surface area contributed by atoms with Gasteiger partial charge in [-0.05, 0) is 59.2 Å². The molecular formula is C15H15IN2O2. The maximum absolute atomic E-state index is 11.8. The number of aromatic amines is 1. The zero-order chi connectivity index (χ0) is 14.1. The topological polar surface area (TPSA) is 53.2 Å². The van der Waals surface area contributed by atoms with Crippen molar-refractivity contribution in [2.24, 2.45) is 0 Å². The van der Waals surface area contributed by atoms with Crippen molar-refractivity contribution < 1.29 is 9.59 Å². The predicted molar refractivity (Wildman–Crippen MR) is 85.3 cm³/mol. The molecule has 20 heavy (non-hydrogen) atoms. The molecule has 1 aromatic carbocycles. The Balaban J connectivity index is 1.78. The highest BCUT2D eigenvalue weighted by Gasteiger charge is 2.25. The number of imide groups is 1. The van der Waals surface area contributed by atoms with E-state index in [1.807, 2.05) is 6.20 Å². The zero-order valence-corrected chi connectivity index (χ0v) is 13.1. The third kappa shape index (κ3) is 2.59. The number of H-pyrrole nitrogens is 1. The van der Waals surface area contributed by atoms with Gasteiger partial charge in [-0.1, -0.05) is 0 Å². The molecule has 1 saturated heterocycles. The second-order valence-electron chi connectivity index (χ2n) is 5.05. The first-order valence-corrected chi connectivity index (χ1v) is 7.82. The molecule has 4 nitrogen and oxygen atoms in total. The number of nitrogens with one attached hydrogen (secondary N) is 1. The summed E-state index contributed by atoms with van der Waals surface area (Å²) in [5.41, 5.74) is 2.25. The molecule has 0 unspecified atom stereocenters. The number of amides is 2. The minimum absolute atomic E-state index is 0.0318. The van der Waals surface area contributed by atoms with Crippen molar-refractivity contribution in [1.29, 1.82) is 0 Å². The fraction of sp³-hybridized carbons (Fsp3) is 0.333. The Hall–Kier alpha value is -1.37. The number of carbonyl (C=O) groups is 2. The molecule has 0 bridgehead atoms. The lowest BCUT2D eigenvalue weighted by molar-refractivity contribution is -0.147. The van der Waals surface area contributed by atoms with Gasteiger partial charge in [0.05, 0.1) is 0 Å². The summed E-state index contributed by atoms with van der Waals surface area (Å²) in [6.07, 6.45) is 4.37. The molecule has 1 aliphatic heterocycles. The van der Waals surface area contributed by atoms with Gasteiger partial charge >= 0.3 is 0 Å². The van der Waals surface area contributed by atoms with E-state index in [0.717, 1.165) is 11.1 Å². The quantitative estimate of drug-likeness (QED) is 0.656. The first-order valence-electron chi connectivity index (χ1n) is 6.74. The van der Waals surface area contributed by atoms with E-state index in [1.54, 1.807) is 0 Å². The van der Waals surface area contributed by atoms with Crippen LogP contribution in [-0.2, 0) is 16.0 Å². The van der Waals surface area contributed by atoms with E-state index >= 15 is 0 Å². The number of fused-ring (bicyclic) bond motifs is 1. The van der Waals surface area contributed by atoms with E-state index in [1.165, 1.54) is 13.9 Å². The number of hydrogen-bond acceptors (Lipinski definition) is 2. The maximum atomic E-state index is 11.8. The lowest BCUT2D eigenvalue weighted by Gasteiger charge is -2.24. The molecule has 1 aromatic heterocycles. The van der Waals surface area contributed by atoms with Crippen molar-refractivity contribution in [2.45, 2.75) is 25.7 Å². The van der Waals surface area contributed by atoms with Gasteiger partial charge in [0.2, 0.25) is 11.8 Å². The molecule has 0 saturated carbocycles. The van der Waals surface area contributed by atoms with Crippen LogP contribution in [0.2, 0.25) is 0 Å². The summed E-state index contributed by atoms with van der Waals surface area (Å²) in [6.45, 7) is 0.482. The second-order valence-corrected chi connectivity index (χ2v) is 6.29. The number of piperidine rings is 1. The van der Waals surface area contributed by atoms with Crippen LogP contribution < -0.4 is 0 Å². The SMILES string of the molecule is O=C1CCCC(=O)N1CCc1c[nH]c2ccc(I)cc12. The van der Waals surface area contributed by atoms with Crippen LogP contribution in [0.3, 0.4) is 0 Å². The zero-order valence-electron chi connectivity index (χ0n) is 11.0. The van der Waals surface area contributed by atoms with Crippen LogP contribution in [0.5, 0.6) is 0 Å². The number of aromatic nitrogens is 1. The molecule has 0 spiro atoms. The van der Waals surface area contributed by atoms with Gasteiger partial charge in [-0.15, -0.1) is 0 Å². The van der Waals surface area contributed by atoms with Crippen molar-refractivity contribution in [2.75, 3.05) is 6.54 Å². The van der Waals surface area contributed by atoms with Gasteiger partial charge in [-0.3, -0.25) is 14.5 Å². The van der Waals surface area contributed by atoms with E-state index in [9.17, 15) is 9.59 Å². The number of benzene rings is 1. The highest BCUT2D eigenvalue weighted by Crippen LogP contribution is 2.22. The highest BCUT2D eigenvalue weighted by atomic mass is 127. The largest absolute Gasteiger partial charge is 0.361 e. The first kappa shape index (κ1) is 13.6. The molecule has 3 rings (SSSR count). The number of hydrogen-bond donors (Lipinski definition) is 1. The highest BCUT2D eigenvalue weighted by molar-refractivity contribution is 14.1. The minimum Gasteiger partial charge on any atom is -0.361 e. The monoisotopic (exact) mass is 382 g/mol. The smallest absolute Gasteiger partial charge is 0.229 e. The van der Waals surface area contributed by atoms with Gasteiger partial charge in [0.15, 0.2) is 0 Å². The van der Waals surface area contributed by atoms with Gasteiger partial charge in [0, 0.05) is 40.1 Å². The Morgan fingerprint density at radius 1 is 1.20 bits per heavy atom. The number of halogens is 1. The molecule has 2 heterocycles. The normalized spacial score (nSPS) is 16.1. The lowest BCUT2D eigenvalue weighted by Crippen LogP contribution is -2.41. The number of nitrogens with zero attached hydrogens (tertiary/aromatic N) is 1. The summed E-state index contributed by atoms with van der Waals surface area (Å²) in [5, 5.41) is 1.17. The molecular weight excluding hydrogens is 367 g/mol. The van der Waals surface area contributed by atoms with E-state index < -0.39 is 0 Å². The van der Waals surface area contributed by atoms with E-state index in [4.69, 9.17) is 0 Å². The molecule has 1 aliphatic rings. The molecule has 5 heteroatoms. The third-order valence-corrected chi connectivity index (χ3v) is 4.39. The third-order valence-electron chi connectivity index (χ3n) is 3.72. The van der Waals surface area contributed by atoms with Gasteiger partial charge in [-0.25, -0.2) is 0 Å².